The number of nitrogens with zero attached hydrogens (tertiary/aromatic N) is 3. The van der Waals surface area contributed by atoms with Crippen molar-refractivity contribution in [1.29, 1.82) is 0 Å². The number of benzene rings is 15. The summed E-state index contributed by atoms with van der Waals surface area (Å²) in [7, 11) is 0. The van der Waals surface area contributed by atoms with E-state index in [0.29, 0.717) is 11.7 Å². The van der Waals surface area contributed by atoms with Crippen molar-refractivity contribution in [3.63, 3.8) is 0 Å². The summed E-state index contributed by atoms with van der Waals surface area (Å²) >= 11 is 0. The number of fused-ring (bicyclic) bond motifs is 19. The summed E-state index contributed by atoms with van der Waals surface area (Å²) in [6.45, 7) is 0. The van der Waals surface area contributed by atoms with E-state index in [0.717, 1.165) is 116 Å². The molecule has 0 bridgehead atoms. The molecule has 20 rings (SSSR count). The molecular weight excluding hydrogens is 1070 g/mol. The lowest BCUT2D eigenvalue weighted by Gasteiger charge is -2.18. The highest BCUT2D eigenvalue weighted by Gasteiger charge is 2.30. The second-order valence-corrected chi connectivity index (χ2v) is 23.6. The van der Waals surface area contributed by atoms with Crippen LogP contribution in [0.1, 0.15) is 11.8 Å². The lowest BCUT2D eigenvalue weighted by Crippen LogP contribution is -2.10. The molecule has 0 amide bonds. The second kappa shape index (κ2) is 17.9. The predicted octanol–water partition coefficient (Wildman–Crippen LogP) is 21.8. The van der Waals surface area contributed by atoms with Gasteiger partial charge in [-0.15, -0.1) is 0 Å². The van der Waals surface area contributed by atoms with Crippen molar-refractivity contribution in [3.05, 3.63) is 272 Å². The van der Waals surface area contributed by atoms with E-state index in [2.05, 4.69) is 272 Å². The van der Waals surface area contributed by atoms with E-state index < -0.39 is 6.23 Å². The summed E-state index contributed by atoms with van der Waals surface area (Å²) in [5.74, 6) is 2.05. The van der Waals surface area contributed by atoms with Crippen molar-refractivity contribution >= 4 is 92.3 Å². The highest BCUT2D eigenvalue weighted by Crippen LogP contribution is 2.54. The van der Waals surface area contributed by atoms with Crippen molar-refractivity contribution in [2.24, 2.45) is 0 Å². The first-order valence-corrected chi connectivity index (χ1v) is 30.1. The molecule has 0 fully saturated rings. The topological polar surface area (TPSA) is 73.1 Å². The van der Waals surface area contributed by atoms with Crippen LogP contribution in [-0.4, -0.2) is 15.0 Å². The Kier molecular flexibility index (Phi) is 9.69. The number of hydrogen-bond donors (Lipinski definition) is 1. The smallest absolute Gasteiger partial charge is 0.227 e. The Bertz CT molecular complexity index is 5750. The van der Waals surface area contributed by atoms with Crippen molar-refractivity contribution in [3.8, 4) is 107 Å². The Morgan fingerprint density at radius 3 is 1.43 bits per heavy atom. The van der Waals surface area contributed by atoms with E-state index in [1.165, 1.54) is 76.8 Å². The zero-order valence-electron chi connectivity index (χ0n) is 47.1. The number of ether oxygens (including phenoxy) is 1. The summed E-state index contributed by atoms with van der Waals surface area (Å²) in [5, 5.41) is 18.6. The molecule has 1 aliphatic heterocycles. The fraction of sp³-hybridized carbons (Fsp3) is 0.0122. The normalized spacial score (nSPS) is 13.5. The lowest BCUT2D eigenvalue weighted by molar-refractivity contribution is 0.262. The van der Waals surface area contributed by atoms with Crippen molar-refractivity contribution in [2.75, 3.05) is 5.32 Å². The molecule has 6 nitrogen and oxygen atoms in total. The van der Waals surface area contributed by atoms with Crippen LogP contribution in [-0.2, 0) is 0 Å². The van der Waals surface area contributed by atoms with Gasteiger partial charge in [-0.3, -0.25) is 0 Å². The van der Waals surface area contributed by atoms with Gasteiger partial charge in [0.25, 0.3) is 0 Å². The number of oxazole rings is 1. The first kappa shape index (κ1) is 47.6. The lowest BCUT2D eigenvalue weighted by atomic mass is 9.88. The molecule has 0 radical (unpaired) electrons. The average molecular weight is 1120 g/mol. The Hall–Kier alpha value is -11.7. The third kappa shape index (κ3) is 6.68. The monoisotopic (exact) mass is 1120 g/mol. The largest absolute Gasteiger partial charge is 0.464 e. The minimum Gasteiger partial charge on any atom is -0.464 e. The van der Waals surface area contributed by atoms with E-state index in [9.17, 15) is 0 Å². The maximum Gasteiger partial charge on any atom is 0.227 e. The van der Waals surface area contributed by atoms with Crippen LogP contribution in [0.15, 0.2) is 271 Å². The van der Waals surface area contributed by atoms with Gasteiger partial charge in [0.05, 0.1) is 16.9 Å². The Morgan fingerprint density at radius 1 is 0.295 bits per heavy atom. The van der Waals surface area contributed by atoms with Crippen molar-refractivity contribution in [1.82, 2.24) is 15.0 Å². The molecular formula is C82H46N4O2. The van der Waals surface area contributed by atoms with Gasteiger partial charge in [-0.2, -0.15) is 0 Å². The van der Waals surface area contributed by atoms with Gasteiger partial charge in [0, 0.05) is 54.7 Å². The zero-order valence-corrected chi connectivity index (χ0v) is 47.1. The highest BCUT2D eigenvalue weighted by molar-refractivity contribution is 6.25. The Balaban J connectivity index is 0.803. The van der Waals surface area contributed by atoms with Gasteiger partial charge in [-0.25, -0.2) is 15.0 Å². The SMILES string of the molecule is c1ccc2c(c1)-c1cccc3c(-c4cc(-c5ccc6c7c(cccc57)-c5ccccc5-6)c5nc(-c6ccc(C7Nc8c(c9ccccc9c9ccccc89)O7)cc6)nc(-c6ccc(-c7nc8c9ccccc9c9ccccc9c8o7)cc6)c5c4)ccc-2c13. The van der Waals surface area contributed by atoms with Crippen LogP contribution < -0.4 is 10.1 Å². The minimum absolute atomic E-state index is 0.400. The molecule has 6 heteroatoms. The molecule has 0 saturated heterocycles. The first-order valence-electron chi connectivity index (χ1n) is 30.1. The molecule has 88 heavy (non-hydrogen) atoms. The van der Waals surface area contributed by atoms with Crippen LogP contribution >= 0.6 is 0 Å². The molecule has 1 unspecified atom stereocenters. The van der Waals surface area contributed by atoms with Gasteiger partial charge >= 0.3 is 0 Å². The summed E-state index contributed by atoms with van der Waals surface area (Å²) in [4.78, 5) is 16.7. The van der Waals surface area contributed by atoms with E-state index >= 15 is 0 Å². The van der Waals surface area contributed by atoms with Gasteiger partial charge < -0.3 is 14.5 Å². The highest BCUT2D eigenvalue weighted by atomic mass is 16.5. The van der Waals surface area contributed by atoms with E-state index in [-0.39, 0.29) is 0 Å². The van der Waals surface area contributed by atoms with E-state index in [1.807, 2.05) is 0 Å². The Labute approximate surface area is 504 Å². The number of aromatic nitrogens is 3. The van der Waals surface area contributed by atoms with Crippen LogP contribution in [0.25, 0.3) is 187 Å². The molecule has 2 aromatic heterocycles. The third-order valence-corrected chi connectivity index (χ3v) is 19.0. The van der Waals surface area contributed by atoms with Crippen molar-refractivity contribution < 1.29 is 9.15 Å². The molecule has 3 heterocycles. The predicted molar refractivity (Wildman–Crippen MR) is 362 cm³/mol. The number of hydrogen-bond acceptors (Lipinski definition) is 6. The maximum absolute atomic E-state index is 6.89. The van der Waals surface area contributed by atoms with E-state index in [1.54, 1.807) is 0 Å². The molecule has 406 valence electrons. The zero-order chi connectivity index (χ0) is 57.3. The minimum atomic E-state index is -0.400. The van der Waals surface area contributed by atoms with Crippen LogP contribution in [0.4, 0.5) is 5.69 Å². The van der Waals surface area contributed by atoms with Gasteiger partial charge in [0.2, 0.25) is 5.89 Å². The van der Waals surface area contributed by atoms with Gasteiger partial charge in [-0.05, 0) is 129 Å². The van der Waals surface area contributed by atoms with Gasteiger partial charge in [-0.1, -0.05) is 243 Å². The molecule has 0 saturated carbocycles. The van der Waals surface area contributed by atoms with Gasteiger partial charge in [0.1, 0.15) is 5.52 Å². The fourth-order valence-corrected chi connectivity index (χ4v) is 15.1. The summed E-state index contributed by atoms with van der Waals surface area (Å²) in [6, 6.07) is 96.3. The van der Waals surface area contributed by atoms with Gasteiger partial charge in [0.15, 0.2) is 23.4 Å². The average Bonchev–Trinajstić information content (AvgIpc) is 1.73. The molecule has 17 aromatic rings. The quantitative estimate of drug-likeness (QED) is 0.167. The third-order valence-electron chi connectivity index (χ3n) is 19.0. The number of anilines is 1. The van der Waals surface area contributed by atoms with Crippen LogP contribution in [0.2, 0.25) is 0 Å². The van der Waals surface area contributed by atoms with Crippen molar-refractivity contribution in [2.45, 2.75) is 6.23 Å². The van der Waals surface area contributed by atoms with E-state index in [4.69, 9.17) is 24.1 Å². The number of rotatable bonds is 6. The fourth-order valence-electron chi connectivity index (χ4n) is 15.1. The molecule has 15 aromatic carbocycles. The Morgan fingerprint density at radius 2 is 0.773 bits per heavy atom. The summed E-state index contributed by atoms with van der Waals surface area (Å²) < 4.78 is 13.7. The molecule has 1 atom stereocenters. The standard InChI is InChI=1S/C82H46N4O2/c1-3-17-53-51(15-1)61-28-13-27-60-50(39-41-64(53)72(60)61)49-43-70(59-40-42-65-54-18-4-2-16-52(54)62-29-14-30-63(59)73(62)65)75-71(44-49)74(45-31-35-47(36-32-45)81-85-76-66-23-9-5-19-55(66)57-21-7-11-25-68(57)78(76)87-81)83-80(84-75)46-33-37-48(38-34-46)82-86-77-67-24-10-6-20-56(67)58-22-8-12-26-69(58)79(77)88-82/h1-44,82,86H. The molecule has 3 aliphatic rings. The molecule has 2 aliphatic carbocycles. The molecule has 1 N–H and O–H groups in total. The molecule has 0 spiro atoms. The second-order valence-electron chi connectivity index (χ2n) is 23.6. The summed E-state index contributed by atoms with van der Waals surface area (Å²) in [6.07, 6.45) is -0.400. The summed E-state index contributed by atoms with van der Waals surface area (Å²) in [5.41, 5.74) is 22.5. The van der Waals surface area contributed by atoms with Crippen LogP contribution in [0.5, 0.6) is 5.75 Å². The number of nitrogens with one attached hydrogen (secondary N) is 1. The van der Waals surface area contributed by atoms with Crippen LogP contribution in [0.3, 0.4) is 0 Å². The van der Waals surface area contributed by atoms with Crippen LogP contribution in [0, 0.1) is 0 Å². The maximum atomic E-state index is 6.89. The first-order chi connectivity index (χ1) is 43.6.